The fourth-order valence-corrected chi connectivity index (χ4v) is 6.05. The molecule has 5 nitrogen and oxygen atoms in total. The largest absolute Gasteiger partial charge is 0.299 e. The second kappa shape index (κ2) is 11.3. The molecule has 0 unspecified atom stereocenters. The van der Waals surface area contributed by atoms with Crippen LogP contribution in [0, 0.1) is 10.8 Å². The van der Waals surface area contributed by atoms with Gasteiger partial charge in [0.25, 0.3) is 0 Å². The topological polar surface area (TPSA) is 86.4 Å². The van der Waals surface area contributed by atoms with Gasteiger partial charge in [-0.2, -0.15) is 0 Å². The Hall–Kier alpha value is -6.33. The maximum Gasteiger partial charge on any atom is 0.164 e. The van der Waals surface area contributed by atoms with Gasteiger partial charge in [0.2, 0.25) is 0 Å². The lowest BCUT2D eigenvalue weighted by atomic mass is 9.88. The average Bonchev–Trinajstić information content (AvgIpc) is 3.13. The minimum Gasteiger partial charge on any atom is -0.299 e. The molecule has 1 aliphatic rings. The minimum absolute atomic E-state index is 0.223. The summed E-state index contributed by atoms with van der Waals surface area (Å²) in [4.78, 5) is 15.0. The number of fused-ring (bicyclic) bond motifs is 3. The smallest absolute Gasteiger partial charge is 0.164 e. The lowest BCUT2D eigenvalue weighted by molar-refractivity contribution is 1.07. The molecule has 46 heavy (non-hydrogen) atoms. The third kappa shape index (κ3) is 4.90. The Morgan fingerprint density at radius 2 is 1.00 bits per heavy atom. The molecule has 0 aliphatic heterocycles. The number of allylic oxidation sites excluding steroid dienone is 1. The Morgan fingerprint density at radius 1 is 0.413 bits per heavy atom. The Morgan fingerprint density at radius 3 is 1.78 bits per heavy atom. The van der Waals surface area contributed by atoms with Gasteiger partial charge in [-0.25, -0.2) is 15.0 Å². The SMILES string of the molecule is N=C1C=Cc2ccc3ccc(-c4cccc(-c5nc(-c6ccccc6)nc(-c6ccccc6-c6ccccc6)n5)c4)cc3c2C1=N. The maximum atomic E-state index is 8.63. The van der Waals surface area contributed by atoms with Crippen LogP contribution in [0.1, 0.15) is 11.1 Å². The van der Waals surface area contributed by atoms with Gasteiger partial charge in [0.1, 0.15) is 0 Å². The van der Waals surface area contributed by atoms with Gasteiger partial charge in [-0.1, -0.05) is 133 Å². The van der Waals surface area contributed by atoms with E-state index in [0.29, 0.717) is 17.5 Å². The van der Waals surface area contributed by atoms with Gasteiger partial charge in [-0.15, -0.1) is 0 Å². The van der Waals surface area contributed by atoms with Gasteiger partial charge < -0.3 is 0 Å². The van der Waals surface area contributed by atoms with E-state index in [4.69, 9.17) is 25.8 Å². The van der Waals surface area contributed by atoms with Crippen LogP contribution in [0.2, 0.25) is 0 Å². The summed E-state index contributed by atoms with van der Waals surface area (Å²) in [7, 11) is 0. The van der Waals surface area contributed by atoms with Crippen LogP contribution in [0.3, 0.4) is 0 Å². The molecule has 0 saturated heterocycles. The molecule has 0 bridgehead atoms. The predicted molar refractivity (Wildman–Crippen MR) is 188 cm³/mol. The molecule has 0 spiro atoms. The lowest BCUT2D eigenvalue weighted by Crippen LogP contribution is -2.16. The summed E-state index contributed by atoms with van der Waals surface area (Å²) in [6, 6.07) is 47.2. The molecule has 0 radical (unpaired) electrons. The molecule has 7 aromatic rings. The molecular weight excluding hydrogens is 562 g/mol. The Kier molecular flexibility index (Phi) is 6.69. The van der Waals surface area contributed by atoms with Crippen LogP contribution >= 0.6 is 0 Å². The molecule has 216 valence electrons. The molecule has 8 rings (SSSR count). The fraction of sp³-hybridized carbons (Fsp3) is 0. The molecule has 0 atom stereocenters. The van der Waals surface area contributed by atoms with Crippen LogP contribution < -0.4 is 0 Å². The summed E-state index contributed by atoms with van der Waals surface area (Å²) in [6.45, 7) is 0. The van der Waals surface area contributed by atoms with E-state index in [2.05, 4.69) is 60.7 Å². The van der Waals surface area contributed by atoms with Crippen molar-refractivity contribution < 1.29 is 0 Å². The first kappa shape index (κ1) is 27.2. The van der Waals surface area contributed by atoms with Gasteiger partial charge in [0, 0.05) is 22.3 Å². The number of benzene rings is 6. The highest BCUT2D eigenvalue weighted by molar-refractivity contribution is 6.53. The Balaban J connectivity index is 1.28. The lowest BCUT2D eigenvalue weighted by Gasteiger charge is -2.16. The van der Waals surface area contributed by atoms with Crippen LogP contribution in [-0.2, 0) is 0 Å². The monoisotopic (exact) mass is 589 g/mol. The number of nitrogens with one attached hydrogen (secondary N) is 2. The summed E-state index contributed by atoms with van der Waals surface area (Å²) in [5.41, 5.74) is 9.15. The van der Waals surface area contributed by atoms with Crippen molar-refractivity contribution in [3.63, 3.8) is 0 Å². The van der Waals surface area contributed by atoms with Gasteiger partial charge in [-0.05, 0) is 56.8 Å². The van der Waals surface area contributed by atoms with Crippen LogP contribution in [-0.4, -0.2) is 26.4 Å². The minimum atomic E-state index is 0.223. The van der Waals surface area contributed by atoms with Crippen molar-refractivity contribution in [2.45, 2.75) is 0 Å². The highest BCUT2D eigenvalue weighted by Crippen LogP contribution is 2.35. The second-order valence-electron chi connectivity index (χ2n) is 11.3. The van der Waals surface area contributed by atoms with Gasteiger partial charge in [0.05, 0.1) is 11.4 Å². The van der Waals surface area contributed by atoms with Crippen LogP contribution in [0.5, 0.6) is 0 Å². The second-order valence-corrected chi connectivity index (χ2v) is 11.3. The first-order chi connectivity index (χ1) is 22.6. The maximum absolute atomic E-state index is 8.63. The first-order valence-corrected chi connectivity index (χ1v) is 15.1. The van der Waals surface area contributed by atoms with Crippen molar-refractivity contribution in [1.82, 2.24) is 15.0 Å². The molecule has 1 heterocycles. The van der Waals surface area contributed by atoms with Gasteiger partial charge in [0.15, 0.2) is 17.5 Å². The standard InChI is InChI=1S/C41H27N5/c42-36-23-22-28-20-18-27-19-21-31(25-35(27)37(28)38(36)43)30-14-9-15-32(24-30)40-44-39(29-12-5-2-6-13-29)45-41(46-40)34-17-8-7-16-33(34)26-10-3-1-4-11-26/h1-25,42-43H. The van der Waals surface area contributed by atoms with Crippen LogP contribution in [0.25, 0.3) is 73.3 Å². The zero-order valence-corrected chi connectivity index (χ0v) is 24.8. The van der Waals surface area contributed by atoms with Gasteiger partial charge >= 0.3 is 0 Å². The molecule has 1 aromatic heterocycles. The Bertz CT molecular complexity index is 2340. The molecule has 1 aliphatic carbocycles. The van der Waals surface area contributed by atoms with Crippen molar-refractivity contribution in [3.8, 4) is 56.4 Å². The molecule has 0 saturated carbocycles. The van der Waals surface area contributed by atoms with Gasteiger partial charge in [-0.3, -0.25) is 10.8 Å². The van der Waals surface area contributed by atoms with Crippen molar-refractivity contribution in [2.24, 2.45) is 0 Å². The number of hydrogen-bond donors (Lipinski definition) is 2. The number of rotatable bonds is 5. The molecule has 0 amide bonds. The van der Waals surface area contributed by atoms with Crippen molar-refractivity contribution in [1.29, 1.82) is 10.8 Å². The van der Waals surface area contributed by atoms with Crippen molar-refractivity contribution in [3.05, 3.63) is 157 Å². The van der Waals surface area contributed by atoms with E-state index in [-0.39, 0.29) is 11.4 Å². The zero-order valence-electron chi connectivity index (χ0n) is 24.8. The highest BCUT2D eigenvalue weighted by Gasteiger charge is 2.19. The van der Waals surface area contributed by atoms with Crippen LogP contribution in [0.15, 0.2) is 146 Å². The molecular formula is C41H27N5. The molecule has 6 aromatic carbocycles. The number of nitrogens with zero attached hydrogens (tertiary/aromatic N) is 3. The summed E-state index contributed by atoms with van der Waals surface area (Å²) >= 11 is 0. The van der Waals surface area contributed by atoms with E-state index in [1.54, 1.807) is 6.08 Å². The normalized spacial score (nSPS) is 12.3. The average molecular weight is 590 g/mol. The number of aromatic nitrogens is 3. The molecule has 0 fully saturated rings. The van der Waals surface area contributed by atoms with E-state index in [9.17, 15) is 0 Å². The fourth-order valence-electron chi connectivity index (χ4n) is 6.05. The van der Waals surface area contributed by atoms with Crippen LogP contribution in [0.4, 0.5) is 0 Å². The van der Waals surface area contributed by atoms with Crippen molar-refractivity contribution in [2.75, 3.05) is 0 Å². The summed E-state index contributed by atoms with van der Waals surface area (Å²) < 4.78 is 0. The Labute approximate surface area is 266 Å². The summed E-state index contributed by atoms with van der Waals surface area (Å²) in [6.07, 6.45) is 3.61. The third-order valence-corrected chi connectivity index (χ3v) is 8.38. The van der Waals surface area contributed by atoms with E-state index in [1.165, 1.54) is 0 Å². The van der Waals surface area contributed by atoms with E-state index in [0.717, 1.165) is 60.8 Å². The summed E-state index contributed by atoms with van der Waals surface area (Å²) in [5.74, 6) is 1.81. The zero-order chi connectivity index (χ0) is 31.0. The van der Waals surface area contributed by atoms with E-state index in [1.807, 2.05) is 84.9 Å². The van der Waals surface area contributed by atoms with E-state index >= 15 is 0 Å². The third-order valence-electron chi connectivity index (χ3n) is 8.38. The highest BCUT2D eigenvalue weighted by atomic mass is 15.0. The first-order valence-electron chi connectivity index (χ1n) is 15.1. The number of hydrogen-bond acceptors (Lipinski definition) is 5. The quantitative estimate of drug-likeness (QED) is 0.210. The molecule has 2 N–H and O–H groups in total. The van der Waals surface area contributed by atoms with Crippen molar-refractivity contribution >= 4 is 28.3 Å². The predicted octanol–water partition coefficient (Wildman–Crippen LogP) is 9.77. The summed E-state index contributed by atoms with van der Waals surface area (Å²) in [5, 5.41) is 18.9. The van der Waals surface area contributed by atoms with E-state index < -0.39 is 0 Å². The molecule has 5 heteroatoms.